The SMILES string of the molecule is Cc1cc(Cl)cc2c(/C(N)=N/O)nccc12. The summed E-state index contributed by atoms with van der Waals surface area (Å²) >= 11 is 5.97. The van der Waals surface area contributed by atoms with Gasteiger partial charge in [0.1, 0.15) is 5.69 Å². The van der Waals surface area contributed by atoms with Gasteiger partial charge < -0.3 is 10.9 Å². The first-order chi connectivity index (χ1) is 7.63. The van der Waals surface area contributed by atoms with Crippen LogP contribution in [-0.4, -0.2) is 16.0 Å². The number of aromatic nitrogens is 1. The average Bonchev–Trinajstić information content (AvgIpc) is 2.27. The quantitative estimate of drug-likeness (QED) is 0.345. The largest absolute Gasteiger partial charge is 0.409 e. The van der Waals surface area contributed by atoms with E-state index in [4.69, 9.17) is 22.5 Å². The highest BCUT2D eigenvalue weighted by Gasteiger charge is 2.09. The molecular formula is C11H10ClN3O. The van der Waals surface area contributed by atoms with Gasteiger partial charge in [-0.15, -0.1) is 0 Å². The number of nitrogens with two attached hydrogens (primary N) is 1. The van der Waals surface area contributed by atoms with Gasteiger partial charge in [0.25, 0.3) is 0 Å². The molecule has 0 radical (unpaired) electrons. The van der Waals surface area contributed by atoms with Crippen LogP contribution in [0.3, 0.4) is 0 Å². The number of aryl methyl sites for hydroxylation is 1. The Hall–Kier alpha value is -1.81. The van der Waals surface area contributed by atoms with Crippen molar-refractivity contribution in [2.45, 2.75) is 6.92 Å². The number of amidine groups is 1. The van der Waals surface area contributed by atoms with Crippen LogP contribution in [0.2, 0.25) is 5.02 Å². The second-order valence-corrected chi connectivity index (χ2v) is 3.90. The van der Waals surface area contributed by atoms with Crippen LogP contribution in [0.1, 0.15) is 11.3 Å². The Morgan fingerprint density at radius 2 is 2.19 bits per heavy atom. The summed E-state index contributed by atoms with van der Waals surface area (Å²) in [5.74, 6) is -0.0210. The molecule has 0 saturated heterocycles. The highest BCUT2D eigenvalue weighted by molar-refractivity contribution is 6.31. The Balaban J connectivity index is 2.87. The van der Waals surface area contributed by atoms with E-state index >= 15 is 0 Å². The molecule has 0 bridgehead atoms. The maximum absolute atomic E-state index is 8.68. The standard InChI is InChI=1S/C11H10ClN3O/c1-6-4-7(12)5-9-8(6)2-3-14-10(9)11(13)15-16/h2-5,16H,1H3,(H2,13,15). The highest BCUT2D eigenvalue weighted by Crippen LogP contribution is 2.25. The molecule has 16 heavy (non-hydrogen) atoms. The number of pyridine rings is 1. The molecule has 5 heteroatoms. The van der Waals surface area contributed by atoms with E-state index in [9.17, 15) is 0 Å². The van der Waals surface area contributed by atoms with Gasteiger partial charge in [0, 0.05) is 16.6 Å². The average molecular weight is 236 g/mol. The molecule has 0 aliphatic rings. The fourth-order valence-electron chi connectivity index (χ4n) is 1.68. The zero-order valence-corrected chi connectivity index (χ0v) is 9.36. The maximum atomic E-state index is 8.68. The summed E-state index contributed by atoms with van der Waals surface area (Å²) < 4.78 is 0. The predicted octanol–water partition coefficient (Wildman–Crippen LogP) is 2.29. The zero-order valence-electron chi connectivity index (χ0n) is 8.61. The number of hydrogen-bond donors (Lipinski definition) is 2. The van der Waals surface area contributed by atoms with E-state index in [1.807, 2.05) is 19.1 Å². The first-order valence-electron chi connectivity index (χ1n) is 4.66. The molecule has 0 aliphatic carbocycles. The molecular weight excluding hydrogens is 226 g/mol. The van der Waals surface area contributed by atoms with Crippen molar-refractivity contribution in [3.05, 3.63) is 40.7 Å². The van der Waals surface area contributed by atoms with Crippen LogP contribution in [-0.2, 0) is 0 Å². The van der Waals surface area contributed by atoms with Crippen molar-refractivity contribution in [1.82, 2.24) is 4.98 Å². The molecule has 0 unspecified atom stereocenters. The summed E-state index contributed by atoms with van der Waals surface area (Å²) in [5, 5.41) is 14.0. The van der Waals surface area contributed by atoms with Crippen LogP contribution in [0.25, 0.3) is 10.8 Å². The van der Waals surface area contributed by atoms with Crippen LogP contribution in [0.5, 0.6) is 0 Å². The van der Waals surface area contributed by atoms with Gasteiger partial charge in [0.05, 0.1) is 0 Å². The van der Waals surface area contributed by atoms with Crippen LogP contribution in [0.4, 0.5) is 0 Å². The molecule has 0 amide bonds. The molecule has 1 aromatic heterocycles. The minimum Gasteiger partial charge on any atom is -0.409 e. The summed E-state index contributed by atoms with van der Waals surface area (Å²) in [4.78, 5) is 4.09. The molecule has 0 aliphatic heterocycles. The Kier molecular flexibility index (Phi) is 2.66. The second kappa shape index (κ2) is 3.98. The van der Waals surface area contributed by atoms with Gasteiger partial charge in [-0.3, -0.25) is 4.98 Å². The maximum Gasteiger partial charge on any atom is 0.189 e. The number of halogens is 1. The van der Waals surface area contributed by atoms with Crippen molar-refractivity contribution in [3.8, 4) is 0 Å². The molecule has 1 heterocycles. The molecule has 82 valence electrons. The summed E-state index contributed by atoms with van der Waals surface area (Å²) in [6.45, 7) is 1.95. The van der Waals surface area contributed by atoms with Gasteiger partial charge in [-0.05, 0) is 36.1 Å². The topological polar surface area (TPSA) is 71.5 Å². The first kappa shape index (κ1) is 10.7. The number of benzene rings is 1. The third-order valence-corrected chi connectivity index (χ3v) is 2.62. The number of nitrogens with zero attached hydrogens (tertiary/aromatic N) is 2. The van der Waals surface area contributed by atoms with Crippen LogP contribution >= 0.6 is 11.6 Å². The molecule has 0 spiro atoms. The lowest BCUT2D eigenvalue weighted by atomic mass is 10.0. The molecule has 4 nitrogen and oxygen atoms in total. The smallest absolute Gasteiger partial charge is 0.189 e. The van der Waals surface area contributed by atoms with Crippen molar-refractivity contribution < 1.29 is 5.21 Å². The van der Waals surface area contributed by atoms with E-state index in [0.29, 0.717) is 10.7 Å². The van der Waals surface area contributed by atoms with Gasteiger partial charge >= 0.3 is 0 Å². The Bertz CT molecular complexity index is 581. The van der Waals surface area contributed by atoms with E-state index < -0.39 is 0 Å². The molecule has 0 fully saturated rings. The number of rotatable bonds is 1. The molecule has 2 aromatic rings. The van der Waals surface area contributed by atoms with Gasteiger partial charge in [-0.1, -0.05) is 16.8 Å². The molecule has 1 aromatic carbocycles. The van der Waals surface area contributed by atoms with Crippen molar-refractivity contribution in [2.75, 3.05) is 0 Å². The van der Waals surface area contributed by atoms with Crippen LogP contribution in [0, 0.1) is 6.92 Å². The Morgan fingerprint density at radius 3 is 2.88 bits per heavy atom. The molecule has 0 atom stereocenters. The van der Waals surface area contributed by atoms with Gasteiger partial charge in [0.2, 0.25) is 0 Å². The van der Waals surface area contributed by atoms with Gasteiger partial charge in [-0.25, -0.2) is 0 Å². The van der Waals surface area contributed by atoms with Crippen molar-refractivity contribution >= 4 is 28.2 Å². The first-order valence-corrected chi connectivity index (χ1v) is 5.04. The van der Waals surface area contributed by atoms with Gasteiger partial charge in [-0.2, -0.15) is 0 Å². The fraction of sp³-hybridized carbons (Fsp3) is 0.0909. The minimum absolute atomic E-state index is 0.0210. The van der Waals surface area contributed by atoms with Crippen molar-refractivity contribution in [2.24, 2.45) is 10.9 Å². The van der Waals surface area contributed by atoms with Crippen LogP contribution in [0.15, 0.2) is 29.6 Å². The molecule has 0 saturated carbocycles. The van der Waals surface area contributed by atoms with Crippen molar-refractivity contribution in [3.63, 3.8) is 0 Å². The molecule has 2 rings (SSSR count). The minimum atomic E-state index is -0.0210. The van der Waals surface area contributed by atoms with E-state index in [-0.39, 0.29) is 5.84 Å². The van der Waals surface area contributed by atoms with E-state index in [2.05, 4.69) is 10.1 Å². The lowest BCUT2D eigenvalue weighted by Gasteiger charge is -2.06. The summed E-state index contributed by atoms with van der Waals surface area (Å²) in [7, 11) is 0. The van der Waals surface area contributed by atoms with Gasteiger partial charge in [0.15, 0.2) is 5.84 Å². The van der Waals surface area contributed by atoms with Crippen molar-refractivity contribution in [1.29, 1.82) is 0 Å². The number of oxime groups is 1. The third kappa shape index (κ3) is 1.67. The number of fused-ring (bicyclic) bond motifs is 1. The monoisotopic (exact) mass is 235 g/mol. The lowest BCUT2D eigenvalue weighted by Crippen LogP contribution is -2.15. The summed E-state index contributed by atoms with van der Waals surface area (Å²) in [6, 6.07) is 5.49. The second-order valence-electron chi connectivity index (χ2n) is 3.46. The summed E-state index contributed by atoms with van der Waals surface area (Å²) in [6.07, 6.45) is 1.62. The van der Waals surface area contributed by atoms with E-state index in [0.717, 1.165) is 16.3 Å². The summed E-state index contributed by atoms with van der Waals surface area (Å²) in [5.41, 5.74) is 7.02. The lowest BCUT2D eigenvalue weighted by molar-refractivity contribution is 0.318. The Morgan fingerprint density at radius 1 is 1.44 bits per heavy atom. The van der Waals surface area contributed by atoms with E-state index in [1.54, 1.807) is 12.3 Å². The van der Waals surface area contributed by atoms with Crippen LogP contribution < -0.4 is 5.73 Å². The fourth-order valence-corrected chi connectivity index (χ4v) is 1.95. The number of hydrogen-bond acceptors (Lipinski definition) is 3. The molecule has 3 N–H and O–H groups in total. The predicted molar refractivity (Wildman–Crippen MR) is 64.0 cm³/mol. The Labute approximate surface area is 97.3 Å². The normalized spacial score (nSPS) is 12.0. The highest BCUT2D eigenvalue weighted by atomic mass is 35.5. The zero-order chi connectivity index (χ0) is 11.7. The third-order valence-electron chi connectivity index (χ3n) is 2.40. The van der Waals surface area contributed by atoms with E-state index in [1.165, 1.54) is 0 Å².